The Bertz CT molecular complexity index is 814. The monoisotopic (exact) mass is 410 g/mol. The molecule has 0 amide bonds. The first-order valence-corrected chi connectivity index (χ1v) is 10.6. The van der Waals surface area contributed by atoms with Gasteiger partial charge in [-0.1, -0.05) is 42.5 Å². The van der Waals surface area contributed by atoms with Crippen molar-refractivity contribution >= 4 is 5.96 Å². The standard InChI is InChI=1S/C24H34N4O2/c1-25-24(27(2)18-21-6-4-5-7-23(21)30-3)26-16-19-8-10-20(11-9-19)17-28-14-12-22(29)13-15-28/h4-11,22,29H,12-18H2,1-3H3,(H,25,26). The highest BCUT2D eigenvalue weighted by Crippen LogP contribution is 2.19. The molecule has 0 radical (unpaired) electrons. The number of hydrogen-bond acceptors (Lipinski definition) is 4. The van der Waals surface area contributed by atoms with E-state index < -0.39 is 0 Å². The van der Waals surface area contributed by atoms with E-state index in [9.17, 15) is 5.11 Å². The number of aliphatic hydroxyl groups excluding tert-OH is 1. The molecule has 0 aromatic heterocycles. The Labute approximate surface area is 180 Å². The zero-order valence-electron chi connectivity index (χ0n) is 18.3. The molecule has 162 valence electrons. The molecular formula is C24H34N4O2. The quantitative estimate of drug-likeness (QED) is 0.543. The number of hydrogen-bond donors (Lipinski definition) is 2. The van der Waals surface area contributed by atoms with Crippen LogP contribution in [0.25, 0.3) is 0 Å². The lowest BCUT2D eigenvalue weighted by atomic mass is 10.1. The van der Waals surface area contributed by atoms with Crippen LogP contribution in [0.1, 0.15) is 29.5 Å². The molecule has 2 aromatic carbocycles. The number of guanidine groups is 1. The first-order valence-electron chi connectivity index (χ1n) is 10.6. The van der Waals surface area contributed by atoms with E-state index in [0.717, 1.165) is 56.3 Å². The summed E-state index contributed by atoms with van der Waals surface area (Å²) in [5, 5.41) is 13.1. The highest BCUT2D eigenvalue weighted by Gasteiger charge is 2.16. The number of aliphatic imine (C=N–C) groups is 1. The van der Waals surface area contributed by atoms with Crippen LogP contribution in [0, 0.1) is 0 Å². The van der Waals surface area contributed by atoms with Crippen LogP contribution in [-0.4, -0.2) is 61.3 Å². The molecular weight excluding hydrogens is 376 g/mol. The van der Waals surface area contributed by atoms with Gasteiger partial charge in [0.05, 0.1) is 13.2 Å². The van der Waals surface area contributed by atoms with E-state index in [-0.39, 0.29) is 6.10 Å². The molecule has 2 aromatic rings. The minimum absolute atomic E-state index is 0.120. The molecule has 0 unspecified atom stereocenters. The number of ether oxygens (including phenoxy) is 1. The van der Waals surface area contributed by atoms with Crippen LogP contribution in [0.5, 0.6) is 5.75 Å². The van der Waals surface area contributed by atoms with Crippen molar-refractivity contribution in [1.82, 2.24) is 15.1 Å². The van der Waals surface area contributed by atoms with Gasteiger partial charge in [0.25, 0.3) is 0 Å². The number of nitrogens with one attached hydrogen (secondary N) is 1. The Morgan fingerprint density at radius 1 is 1.13 bits per heavy atom. The zero-order valence-corrected chi connectivity index (χ0v) is 18.3. The lowest BCUT2D eigenvalue weighted by Crippen LogP contribution is -2.38. The second-order valence-electron chi connectivity index (χ2n) is 7.89. The maximum Gasteiger partial charge on any atom is 0.193 e. The van der Waals surface area contributed by atoms with E-state index in [1.165, 1.54) is 11.1 Å². The average Bonchev–Trinajstić information content (AvgIpc) is 2.77. The number of piperidine rings is 1. The summed E-state index contributed by atoms with van der Waals surface area (Å²) in [5.41, 5.74) is 3.66. The van der Waals surface area contributed by atoms with Crippen molar-refractivity contribution < 1.29 is 9.84 Å². The van der Waals surface area contributed by atoms with Gasteiger partial charge in [0.15, 0.2) is 5.96 Å². The lowest BCUT2D eigenvalue weighted by Gasteiger charge is -2.29. The molecule has 0 bridgehead atoms. The minimum atomic E-state index is -0.120. The van der Waals surface area contributed by atoms with Gasteiger partial charge in [-0.05, 0) is 30.0 Å². The number of nitrogens with zero attached hydrogens (tertiary/aromatic N) is 3. The van der Waals surface area contributed by atoms with Crippen LogP contribution in [0.4, 0.5) is 0 Å². The van der Waals surface area contributed by atoms with Crippen LogP contribution in [-0.2, 0) is 19.6 Å². The van der Waals surface area contributed by atoms with Gasteiger partial charge in [0, 0.05) is 52.4 Å². The van der Waals surface area contributed by atoms with Crippen LogP contribution in [0.3, 0.4) is 0 Å². The molecule has 2 N–H and O–H groups in total. The van der Waals surface area contributed by atoms with Gasteiger partial charge in [-0.3, -0.25) is 9.89 Å². The fourth-order valence-electron chi connectivity index (χ4n) is 3.83. The van der Waals surface area contributed by atoms with Gasteiger partial charge in [0.2, 0.25) is 0 Å². The number of likely N-dealkylation sites (tertiary alicyclic amines) is 1. The van der Waals surface area contributed by atoms with Gasteiger partial charge in [0.1, 0.15) is 5.75 Å². The molecule has 0 spiro atoms. The van der Waals surface area contributed by atoms with Gasteiger partial charge in [-0.2, -0.15) is 0 Å². The molecule has 30 heavy (non-hydrogen) atoms. The number of benzene rings is 2. The summed E-state index contributed by atoms with van der Waals surface area (Å²) in [6.07, 6.45) is 1.64. The minimum Gasteiger partial charge on any atom is -0.496 e. The molecule has 0 saturated carbocycles. The van der Waals surface area contributed by atoms with Crippen LogP contribution < -0.4 is 10.1 Å². The molecule has 1 fully saturated rings. The summed E-state index contributed by atoms with van der Waals surface area (Å²) in [6, 6.07) is 16.8. The predicted octanol–water partition coefficient (Wildman–Crippen LogP) is 2.86. The van der Waals surface area contributed by atoms with E-state index in [2.05, 4.69) is 50.4 Å². The Hall–Kier alpha value is -2.57. The molecule has 1 saturated heterocycles. The largest absolute Gasteiger partial charge is 0.496 e. The van der Waals surface area contributed by atoms with Crippen LogP contribution in [0.2, 0.25) is 0 Å². The number of para-hydroxylation sites is 1. The topological polar surface area (TPSA) is 60.3 Å². The van der Waals surface area contributed by atoms with Crippen molar-refractivity contribution in [2.45, 2.75) is 38.6 Å². The molecule has 3 rings (SSSR count). The summed E-state index contributed by atoms with van der Waals surface area (Å²) in [6.45, 7) is 4.33. The smallest absolute Gasteiger partial charge is 0.193 e. The lowest BCUT2D eigenvalue weighted by molar-refractivity contribution is 0.0792. The Kier molecular flexibility index (Phi) is 8.11. The van der Waals surface area contributed by atoms with E-state index in [1.807, 2.05) is 25.2 Å². The summed E-state index contributed by atoms with van der Waals surface area (Å²) in [4.78, 5) is 8.92. The SMILES string of the molecule is CN=C(NCc1ccc(CN2CCC(O)CC2)cc1)N(C)Cc1ccccc1OC. The number of aliphatic hydroxyl groups is 1. The summed E-state index contributed by atoms with van der Waals surface area (Å²) < 4.78 is 5.46. The van der Waals surface area contributed by atoms with Crippen molar-refractivity contribution in [1.29, 1.82) is 0 Å². The van der Waals surface area contributed by atoms with Crippen LogP contribution >= 0.6 is 0 Å². The van der Waals surface area contributed by atoms with Gasteiger partial charge < -0.3 is 20.1 Å². The first-order chi connectivity index (χ1) is 14.6. The maximum absolute atomic E-state index is 9.65. The normalized spacial score (nSPS) is 15.8. The first kappa shape index (κ1) is 22.1. The predicted molar refractivity (Wildman–Crippen MR) is 122 cm³/mol. The van der Waals surface area contributed by atoms with Crippen molar-refractivity contribution in [3.8, 4) is 5.75 Å². The molecule has 1 aliphatic rings. The van der Waals surface area contributed by atoms with Crippen molar-refractivity contribution in [2.75, 3.05) is 34.3 Å². The second kappa shape index (κ2) is 11.0. The van der Waals surface area contributed by atoms with Gasteiger partial charge >= 0.3 is 0 Å². The fraction of sp³-hybridized carbons (Fsp3) is 0.458. The molecule has 0 aliphatic carbocycles. The summed E-state index contributed by atoms with van der Waals surface area (Å²) in [7, 11) is 5.53. The highest BCUT2D eigenvalue weighted by molar-refractivity contribution is 5.79. The van der Waals surface area contributed by atoms with Crippen molar-refractivity contribution in [2.24, 2.45) is 4.99 Å². The third-order valence-electron chi connectivity index (χ3n) is 5.61. The van der Waals surface area contributed by atoms with E-state index in [4.69, 9.17) is 4.74 Å². The average molecular weight is 411 g/mol. The summed E-state index contributed by atoms with van der Waals surface area (Å²) in [5.74, 6) is 1.73. The maximum atomic E-state index is 9.65. The Morgan fingerprint density at radius 2 is 1.80 bits per heavy atom. The van der Waals surface area contributed by atoms with E-state index in [0.29, 0.717) is 6.54 Å². The third-order valence-corrected chi connectivity index (χ3v) is 5.61. The second-order valence-corrected chi connectivity index (χ2v) is 7.89. The molecule has 6 nitrogen and oxygen atoms in total. The molecule has 1 heterocycles. The number of rotatable bonds is 7. The van der Waals surface area contributed by atoms with Gasteiger partial charge in [-0.25, -0.2) is 0 Å². The fourth-order valence-corrected chi connectivity index (χ4v) is 3.83. The van der Waals surface area contributed by atoms with E-state index in [1.54, 1.807) is 14.2 Å². The highest BCUT2D eigenvalue weighted by atomic mass is 16.5. The van der Waals surface area contributed by atoms with Crippen LogP contribution in [0.15, 0.2) is 53.5 Å². The molecule has 6 heteroatoms. The van der Waals surface area contributed by atoms with E-state index >= 15 is 0 Å². The third kappa shape index (κ3) is 6.21. The Morgan fingerprint density at radius 3 is 2.47 bits per heavy atom. The molecule has 1 aliphatic heterocycles. The van der Waals surface area contributed by atoms with Crippen molar-refractivity contribution in [3.63, 3.8) is 0 Å². The number of methoxy groups -OCH3 is 1. The van der Waals surface area contributed by atoms with Gasteiger partial charge in [-0.15, -0.1) is 0 Å². The Balaban J connectivity index is 1.50. The zero-order chi connectivity index (χ0) is 21.3. The summed E-state index contributed by atoms with van der Waals surface area (Å²) >= 11 is 0. The van der Waals surface area contributed by atoms with Crippen molar-refractivity contribution in [3.05, 3.63) is 65.2 Å². The molecule has 0 atom stereocenters.